The number of nitrogens with zero attached hydrogens (tertiary/aromatic N) is 4. The minimum absolute atomic E-state index is 1.03. The lowest BCUT2D eigenvalue weighted by Crippen LogP contribution is -2.35. The molecule has 0 aliphatic rings. The fourth-order valence-electron chi connectivity index (χ4n) is 6.00. The van der Waals surface area contributed by atoms with Crippen molar-refractivity contribution in [2.24, 2.45) is 0 Å². The maximum Gasteiger partial charge on any atom is 0.169 e. The summed E-state index contributed by atoms with van der Waals surface area (Å²) in [6.45, 7) is 4.14. The normalized spacial score (nSPS) is 11.0. The average molecular weight is 607 g/mol. The molecule has 0 unspecified atom stereocenters. The van der Waals surface area contributed by atoms with Crippen molar-refractivity contribution in [3.8, 4) is 22.3 Å². The molecule has 4 aromatic heterocycles. The van der Waals surface area contributed by atoms with E-state index in [1.165, 1.54) is 33.4 Å². The Morgan fingerprint density at radius 1 is 0.283 bits per heavy atom. The Hall–Kier alpha value is -4.96. The van der Waals surface area contributed by atoms with Gasteiger partial charge in [0.2, 0.25) is 0 Å². The number of unbranched alkanes of at least 4 members (excludes halogenated alkanes) is 1. The van der Waals surface area contributed by atoms with Gasteiger partial charge in [0.25, 0.3) is 0 Å². The van der Waals surface area contributed by atoms with Crippen molar-refractivity contribution in [1.82, 2.24) is 0 Å². The predicted octanol–water partition coefficient (Wildman–Crippen LogP) is 6.92. The molecule has 6 rings (SSSR count). The molecule has 6 aromatic rings. The topological polar surface area (TPSA) is 15.5 Å². The van der Waals surface area contributed by atoms with Crippen LogP contribution in [0.3, 0.4) is 0 Å². The van der Waals surface area contributed by atoms with E-state index in [0.717, 1.165) is 64.7 Å². The molecule has 0 aliphatic carbocycles. The Balaban J connectivity index is 0.897. The number of aryl methyl sites for hydroxylation is 6. The Morgan fingerprint density at radius 3 is 0.826 bits per heavy atom. The third kappa shape index (κ3) is 9.28. The smallest absolute Gasteiger partial charge is 0.169 e. The summed E-state index contributed by atoms with van der Waals surface area (Å²) >= 11 is 0. The Kier molecular flexibility index (Phi) is 11.1. The van der Waals surface area contributed by atoms with Crippen molar-refractivity contribution in [2.75, 3.05) is 0 Å². The standard InChI is InChI=1S/C42H46N4/c1-3-11-37(12-4-1)15-9-27-45-33-21-41(22-34-45)39-17-29-43(30-18-39)25-7-8-26-44-31-19-40(20-32-44)42-23-35-46(36-24-42)28-10-16-38-13-5-2-6-14-38/h1-6,11-14,17-24,29-36H,7-10,15-16,25-28H2/q+4. The van der Waals surface area contributed by atoms with Gasteiger partial charge in [0.15, 0.2) is 49.6 Å². The van der Waals surface area contributed by atoms with Crippen LogP contribution in [0.4, 0.5) is 0 Å². The van der Waals surface area contributed by atoms with Gasteiger partial charge in [-0.25, -0.2) is 18.3 Å². The molecule has 0 spiro atoms. The van der Waals surface area contributed by atoms with Crippen LogP contribution in [0.5, 0.6) is 0 Å². The average Bonchev–Trinajstić information content (AvgIpc) is 3.12. The van der Waals surface area contributed by atoms with Crippen LogP contribution in [0, 0.1) is 0 Å². The highest BCUT2D eigenvalue weighted by Crippen LogP contribution is 2.17. The molecule has 46 heavy (non-hydrogen) atoms. The maximum atomic E-state index is 2.30. The second-order valence-electron chi connectivity index (χ2n) is 12.2. The summed E-state index contributed by atoms with van der Waals surface area (Å²) in [6, 6.07) is 39.3. The van der Waals surface area contributed by atoms with Gasteiger partial charge in [0.1, 0.15) is 26.2 Å². The Bertz CT molecular complexity index is 1600. The van der Waals surface area contributed by atoms with Crippen LogP contribution >= 0.6 is 0 Å². The molecule has 4 heteroatoms. The van der Waals surface area contributed by atoms with E-state index in [1.807, 2.05) is 0 Å². The second kappa shape index (κ2) is 16.4. The van der Waals surface area contributed by atoms with Gasteiger partial charge < -0.3 is 0 Å². The van der Waals surface area contributed by atoms with Gasteiger partial charge in [-0.05, 0) is 46.2 Å². The quantitative estimate of drug-likeness (QED) is 0.0892. The van der Waals surface area contributed by atoms with Crippen molar-refractivity contribution in [2.45, 2.75) is 64.7 Å². The van der Waals surface area contributed by atoms with Crippen LogP contribution in [-0.2, 0) is 39.0 Å². The van der Waals surface area contributed by atoms with Gasteiger partial charge >= 0.3 is 0 Å². The predicted molar refractivity (Wildman–Crippen MR) is 183 cm³/mol. The van der Waals surface area contributed by atoms with Gasteiger partial charge in [-0.3, -0.25) is 0 Å². The molecular formula is C42H46N4+4. The van der Waals surface area contributed by atoms with Crippen LogP contribution < -0.4 is 18.3 Å². The highest BCUT2D eigenvalue weighted by molar-refractivity contribution is 5.61. The SMILES string of the molecule is c1ccc(CCC[n+]2ccc(-c3cc[n+](CCCC[n+]4ccc(-c5cc[n+](CCCc6ccccc6)cc5)cc4)cc3)cc2)cc1. The summed E-state index contributed by atoms with van der Waals surface area (Å²) in [7, 11) is 0. The fourth-order valence-corrected chi connectivity index (χ4v) is 6.00. The van der Waals surface area contributed by atoms with Crippen LogP contribution in [-0.4, -0.2) is 0 Å². The third-order valence-corrected chi connectivity index (χ3v) is 8.76. The number of pyridine rings is 4. The first-order chi connectivity index (χ1) is 22.8. The van der Waals surface area contributed by atoms with E-state index in [9.17, 15) is 0 Å². The monoisotopic (exact) mass is 606 g/mol. The first-order valence-electron chi connectivity index (χ1n) is 16.8. The minimum Gasteiger partial charge on any atom is -0.205 e. The molecular weight excluding hydrogens is 560 g/mol. The zero-order valence-corrected chi connectivity index (χ0v) is 26.9. The number of aromatic nitrogens is 4. The first kappa shape index (κ1) is 31.0. The third-order valence-electron chi connectivity index (χ3n) is 8.76. The molecule has 0 aliphatic heterocycles. The first-order valence-corrected chi connectivity index (χ1v) is 16.8. The molecule has 4 nitrogen and oxygen atoms in total. The second-order valence-corrected chi connectivity index (χ2v) is 12.2. The molecule has 0 saturated heterocycles. The van der Waals surface area contributed by atoms with Crippen molar-refractivity contribution in [3.05, 3.63) is 170 Å². The van der Waals surface area contributed by atoms with Gasteiger partial charge in [-0.15, -0.1) is 0 Å². The Labute approximate surface area is 274 Å². The van der Waals surface area contributed by atoms with Crippen LogP contribution in [0.2, 0.25) is 0 Å². The van der Waals surface area contributed by atoms with Crippen LogP contribution in [0.15, 0.2) is 159 Å². The zero-order chi connectivity index (χ0) is 31.2. The lowest BCUT2D eigenvalue weighted by Gasteiger charge is -2.03. The van der Waals surface area contributed by atoms with E-state index < -0.39 is 0 Å². The van der Waals surface area contributed by atoms with Crippen molar-refractivity contribution in [3.63, 3.8) is 0 Å². The minimum atomic E-state index is 1.03. The maximum absolute atomic E-state index is 2.30. The summed E-state index contributed by atoms with van der Waals surface area (Å²) < 4.78 is 9.17. The number of hydrogen-bond donors (Lipinski definition) is 0. The molecule has 0 saturated carbocycles. The molecule has 2 aromatic carbocycles. The summed E-state index contributed by atoms with van der Waals surface area (Å²) in [6.07, 6.45) is 24.5. The van der Waals surface area contributed by atoms with E-state index in [2.05, 4.69) is 177 Å². The summed E-state index contributed by atoms with van der Waals surface area (Å²) in [5, 5.41) is 0. The molecule has 0 amide bonds. The zero-order valence-electron chi connectivity index (χ0n) is 26.9. The highest BCUT2D eigenvalue weighted by atomic mass is 14.9. The van der Waals surface area contributed by atoms with Crippen LogP contribution in [0.1, 0.15) is 36.8 Å². The number of benzene rings is 2. The van der Waals surface area contributed by atoms with Crippen molar-refractivity contribution >= 4 is 0 Å². The molecule has 230 valence electrons. The molecule has 0 N–H and O–H groups in total. The summed E-state index contributed by atoms with van der Waals surface area (Å²) in [4.78, 5) is 0. The van der Waals surface area contributed by atoms with Crippen molar-refractivity contribution < 1.29 is 18.3 Å². The summed E-state index contributed by atoms with van der Waals surface area (Å²) in [5.74, 6) is 0. The molecule has 0 atom stereocenters. The van der Waals surface area contributed by atoms with Gasteiger partial charge in [-0.2, -0.15) is 0 Å². The molecule has 4 heterocycles. The number of rotatable bonds is 15. The molecule has 0 fully saturated rings. The number of hydrogen-bond acceptors (Lipinski definition) is 0. The van der Waals surface area contributed by atoms with E-state index in [1.54, 1.807) is 0 Å². The van der Waals surface area contributed by atoms with E-state index in [0.29, 0.717) is 0 Å². The van der Waals surface area contributed by atoms with E-state index in [4.69, 9.17) is 0 Å². The van der Waals surface area contributed by atoms with Crippen LogP contribution in [0.25, 0.3) is 22.3 Å². The highest BCUT2D eigenvalue weighted by Gasteiger charge is 2.09. The summed E-state index contributed by atoms with van der Waals surface area (Å²) in [5.41, 5.74) is 7.87. The molecule has 0 bridgehead atoms. The van der Waals surface area contributed by atoms with E-state index in [-0.39, 0.29) is 0 Å². The van der Waals surface area contributed by atoms with Gasteiger partial charge in [0.05, 0.1) is 0 Å². The lowest BCUT2D eigenvalue weighted by molar-refractivity contribution is -0.708. The van der Waals surface area contributed by atoms with E-state index >= 15 is 0 Å². The van der Waals surface area contributed by atoms with Gasteiger partial charge in [-0.1, -0.05) is 60.7 Å². The fraction of sp³-hybridized carbons (Fsp3) is 0.238. The largest absolute Gasteiger partial charge is 0.205 e. The van der Waals surface area contributed by atoms with Crippen molar-refractivity contribution in [1.29, 1.82) is 0 Å². The molecule has 0 radical (unpaired) electrons. The van der Waals surface area contributed by atoms with Gasteiger partial charge in [0, 0.05) is 74.2 Å². The lowest BCUT2D eigenvalue weighted by atomic mass is 10.1. The Morgan fingerprint density at radius 2 is 0.543 bits per heavy atom.